The van der Waals surface area contributed by atoms with E-state index in [1.807, 2.05) is 24.3 Å². The lowest BCUT2D eigenvalue weighted by Crippen LogP contribution is -2.49. The zero-order valence-corrected chi connectivity index (χ0v) is 15.1. The molecule has 1 atom stereocenters. The Morgan fingerprint density at radius 2 is 1.92 bits per heavy atom. The summed E-state index contributed by atoms with van der Waals surface area (Å²) in [6.07, 6.45) is 1.49. The number of benzene rings is 1. The first-order valence-corrected chi connectivity index (χ1v) is 8.80. The number of amides is 1. The van der Waals surface area contributed by atoms with Crippen molar-refractivity contribution in [3.05, 3.63) is 29.8 Å². The SMILES string of the molecule is COc1ccc(CC(=O)NCC(CC(C)C)N2CCOCC2)cc1. The van der Waals surface area contributed by atoms with E-state index in [2.05, 4.69) is 24.1 Å². The Morgan fingerprint density at radius 3 is 2.50 bits per heavy atom. The molecular formula is C19H30N2O3. The van der Waals surface area contributed by atoms with Gasteiger partial charge in [0.1, 0.15) is 5.75 Å². The molecule has 0 saturated carbocycles. The number of carbonyl (C=O) groups excluding carboxylic acids is 1. The van der Waals surface area contributed by atoms with E-state index in [-0.39, 0.29) is 5.91 Å². The first-order valence-electron chi connectivity index (χ1n) is 8.80. The number of hydrogen-bond acceptors (Lipinski definition) is 4. The maximum atomic E-state index is 12.3. The van der Waals surface area contributed by atoms with Gasteiger partial charge in [-0.05, 0) is 30.0 Å². The van der Waals surface area contributed by atoms with Crippen LogP contribution >= 0.6 is 0 Å². The van der Waals surface area contributed by atoms with E-state index in [4.69, 9.17) is 9.47 Å². The van der Waals surface area contributed by atoms with Crippen LogP contribution in [0.1, 0.15) is 25.8 Å². The number of hydrogen-bond donors (Lipinski definition) is 1. The molecule has 0 aromatic heterocycles. The summed E-state index contributed by atoms with van der Waals surface area (Å²) in [5, 5.41) is 3.11. The van der Waals surface area contributed by atoms with Gasteiger partial charge in [-0.2, -0.15) is 0 Å². The third-order valence-corrected chi connectivity index (χ3v) is 4.36. The van der Waals surface area contributed by atoms with Crippen LogP contribution < -0.4 is 10.1 Å². The van der Waals surface area contributed by atoms with Crippen molar-refractivity contribution in [1.82, 2.24) is 10.2 Å². The summed E-state index contributed by atoms with van der Waals surface area (Å²) in [5.74, 6) is 1.49. The zero-order chi connectivity index (χ0) is 17.4. The molecule has 24 heavy (non-hydrogen) atoms. The standard InChI is InChI=1S/C19H30N2O3/c1-15(2)12-17(21-8-10-24-11-9-21)14-20-19(22)13-16-4-6-18(23-3)7-5-16/h4-7,15,17H,8-14H2,1-3H3,(H,20,22). The number of morpholine rings is 1. The van der Waals surface area contributed by atoms with Crippen molar-refractivity contribution in [2.75, 3.05) is 40.0 Å². The minimum atomic E-state index is 0.0715. The second-order valence-electron chi connectivity index (χ2n) is 6.76. The van der Waals surface area contributed by atoms with Crippen LogP contribution in [0.5, 0.6) is 5.75 Å². The van der Waals surface area contributed by atoms with Crippen molar-refractivity contribution < 1.29 is 14.3 Å². The average Bonchev–Trinajstić information content (AvgIpc) is 2.59. The molecule has 1 fully saturated rings. The van der Waals surface area contributed by atoms with E-state index < -0.39 is 0 Å². The highest BCUT2D eigenvalue weighted by Crippen LogP contribution is 2.14. The Bertz CT molecular complexity index is 496. The van der Waals surface area contributed by atoms with Crippen LogP contribution in [0.3, 0.4) is 0 Å². The number of ether oxygens (including phenoxy) is 2. The fraction of sp³-hybridized carbons (Fsp3) is 0.632. The van der Waals surface area contributed by atoms with E-state index in [9.17, 15) is 4.79 Å². The second kappa shape index (κ2) is 9.64. The number of methoxy groups -OCH3 is 1. The number of nitrogens with zero attached hydrogens (tertiary/aromatic N) is 1. The maximum Gasteiger partial charge on any atom is 0.224 e. The lowest BCUT2D eigenvalue weighted by molar-refractivity contribution is -0.120. The molecule has 1 amide bonds. The van der Waals surface area contributed by atoms with Crippen molar-refractivity contribution in [2.45, 2.75) is 32.7 Å². The van der Waals surface area contributed by atoms with Crippen LogP contribution in [0.2, 0.25) is 0 Å². The fourth-order valence-corrected chi connectivity index (χ4v) is 3.07. The lowest BCUT2D eigenvalue weighted by atomic mass is 10.0. The van der Waals surface area contributed by atoms with Crippen LogP contribution in [-0.2, 0) is 16.0 Å². The van der Waals surface area contributed by atoms with E-state index in [0.29, 0.717) is 24.9 Å². The highest BCUT2D eigenvalue weighted by atomic mass is 16.5. The molecule has 1 N–H and O–H groups in total. The van der Waals surface area contributed by atoms with Crippen molar-refractivity contribution in [2.24, 2.45) is 5.92 Å². The molecule has 0 aliphatic carbocycles. The molecule has 1 aliphatic rings. The summed E-state index contributed by atoms with van der Waals surface area (Å²) in [7, 11) is 1.64. The Kier molecular flexibility index (Phi) is 7.53. The van der Waals surface area contributed by atoms with Crippen LogP contribution in [-0.4, -0.2) is 56.8 Å². The highest BCUT2D eigenvalue weighted by molar-refractivity contribution is 5.78. The Hall–Kier alpha value is -1.59. The van der Waals surface area contributed by atoms with Gasteiger partial charge in [-0.25, -0.2) is 0 Å². The summed E-state index contributed by atoms with van der Waals surface area (Å²) in [5.41, 5.74) is 1.00. The van der Waals surface area contributed by atoms with Crippen LogP contribution in [0.25, 0.3) is 0 Å². The normalized spacial score (nSPS) is 16.8. The van der Waals surface area contributed by atoms with E-state index in [0.717, 1.165) is 44.0 Å². The molecule has 1 heterocycles. The van der Waals surface area contributed by atoms with E-state index in [1.54, 1.807) is 7.11 Å². The van der Waals surface area contributed by atoms with Crippen LogP contribution in [0.15, 0.2) is 24.3 Å². The first kappa shape index (κ1) is 18.7. The maximum absolute atomic E-state index is 12.3. The molecule has 5 heteroatoms. The summed E-state index contributed by atoms with van der Waals surface area (Å²) in [6, 6.07) is 8.03. The van der Waals surface area contributed by atoms with Crippen LogP contribution in [0, 0.1) is 5.92 Å². The Labute approximate surface area is 145 Å². The van der Waals surface area contributed by atoms with Gasteiger partial charge in [0, 0.05) is 25.7 Å². The molecule has 1 saturated heterocycles. The van der Waals surface area contributed by atoms with Crippen molar-refractivity contribution in [1.29, 1.82) is 0 Å². The second-order valence-corrected chi connectivity index (χ2v) is 6.76. The predicted octanol–water partition coefficient (Wildman–Crippen LogP) is 2.10. The lowest BCUT2D eigenvalue weighted by Gasteiger charge is -2.35. The summed E-state index contributed by atoms with van der Waals surface area (Å²) in [6.45, 7) is 8.63. The van der Waals surface area contributed by atoms with Crippen molar-refractivity contribution >= 4 is 5.91 Å². The highest BCUT2D eigenvalue weighted by Gasteiger charge is 2.22. The van der Waals surface area contributed by atoms with Gasteiger partial charge in [-0.3, -0.25) is 9.69 Å². The molecule has 1 aromatic rings. The minimum absolute atomic E-state index is 0.0715. The van der Waals surface area contributed by atoms with E-state index in [1.165, 1.54) is 0 Å². The summed E-state index contributed by atoms with van der Waals surface area (Å²) >= 11 is 0. The predicted molar refractivity (Wildman–Crippen MR) is 95.3 cm³/mol. The van der Waals surface area contributed by atoms with Crippen LogP contribution in [0.4, 0.5) is 0 Å². The first-order chi connectivity index (χ1) is 11.6. The minimum Gasteiger partial charge on any atom is -0.497 e. The molecule has 5 nitrogen and oxygen atoms in total. The van der Waals surface area contributed by atoms with Gasteiger partial charge in [0.2, 0.25) is 5.91 Å². The smallest absolute Gasteiger partial charge is 0.224 e. The van der Waals surface area contributed by atoms with Gasteiger partial charge >= 0.3 is 0 Å². The molecule has 1 aromatic carbocycles. The quantitative estimate of drug-likeness (QED) is 0.791. The van der Waals surface area contributed by atoms with Gasteiger partial charge in [-0.15, -0.1) is 0 Å². The molecule has 0 radical (unpaired) electrons. The Balaban J connectivity index is 1.83. The van der Waals surface area contributed by atoms with Gasteiger partial charge in [0.15, 0.2) is 0 Å². The van der Waals surface area contributed by atoms with Crippen molar-refractivity contribution in [3.8, 4) is 5.75 Å². The Morgan fingerprint density at radius 1 is 1.25 bits per heavy atom. The molecule has 0 bridgehead atoms. The topological polar surface area (TPSA) is 50.8 Å². The largest absolute Gasteiger partial charge is 0.497 e. The van der Waals surface area contributed by atoms with Crippen molar-refractivity contribution in [3.63, 3.8) is 0 Å². The van der Waals surface area contributed by atoms with Gasteiger partial charge in [0.25, 0.3) is 0 Å². The summed E-state index contributed by atoms with van der Waals surface area (Å²) < 4.78 is 10.6. The third kappa shape index (κ3) is 6.13. The third-order valence-electron chi connectivity index (χ3n) is 4.36. The molecule has 0 spiro atoms. The monoisotopic (exact) mass is 334 g/mol. The fourth-order valence-electron chi connectivity index (χ4n) is 3.07. The molecule has 1 aliphatic heterocycles. The number of rotatable bonds is 8. The van der Waals surface area contributed by atoms with Gasteiger partial charge in [0.05, 0.1) is 26.7 Å². The van der Waals surface area contributed by atoms with E-state index >= 15 is 0 Å². The summed E-state index contributed by atoms with van der Waals surface area (Å²) in [4.78, 5) is 14.7. The number of carbonyl (C=O) groups is 1. The molecule has 1 unspecified atom stereocenters. The molecule has 2 rings (SSSR count). The van der Waals surface area contributed by atoms with Gasteiger partial charge in [-0.1, -0.05) is 26.0 Å². The molecular weight excluding hydrogens is 304 g/mol. The molecule has 134 valence electrons. The number of nitrogens with one attached hydrogen (secondary N) is 1. The van der Waals surface area contributed by atoms with Gasteiger partial charge < -0.3 is 14.8 Å². The average molecular weight is 334 g/mol. The zero-order valence-electron chi connectivity index (χ0n) is 15.1.